The third kappa shape index (κ3) is 4.56. The van der Waals surface area contributed by atoms with E-state index in [-0.39, 0.29) is 23.7 Å². The number of carboxylic acids is 1. The minimum Gasteiger partial charge on any atom is -0.492 e. The largest absolute Gasteiger partial charge is 0.492 e. The average Bonchev–Trinajstić information content (AvgIpc) is 2.66. The number of thiophene rings is 1. The third-order valence-electron chi connectivity index (χ3n) is 2.15. The number of rotatable bonds is 6. The van der Waals surface area contributed by atoms with Crippen LogP contribution in [0.4, 0.5) is 13.2 Å². The second-order valence-corrected chi connectivity index (χ2v) is 4.77. The Hall–Kier alpha value is -1.24. The molecule has 0 saturated heterocycles. The van der Waals surface area contributed by atoms with Crippen molar-refractivity contribution < 1.29 is 27.8 Å². The van der Waals surface area contributed by atoms with Crippen molar-refractivity contribution in [2.75, 3.05) is 6.61 Å². The number of hydrogen-bond acceptors (Lipinski definition) is 3. The summed E-state index contributed by atoms with van der Waals surface area (Å²) in [6.45, 7) is 1.73. The van der Waals surface area contributed by atoms with Gasteiger partial charge in [0.15, 0.2) is 4.88 Å². The first-order chi connectivity index (χ1) is 8.33. The number of hydrogen-bond donors (Lipinski definition) is 1. The first-order valence-corrected chi connectivity index (χ1v) is 6.20. The highest BCUT2D eigenvalue weighted by Crippen LogP contribution is 2.30. The molecule has 0 amide bonds. The Morgan fingerprint density at radius 2 is 2.17 bits per heavy atom. The number of ether oxygens (including phenoxy) is 1. The molecule has 0 aliphatic rings. The minimum atomic E-state index is -4.21. The van der Waals surface area contributed by atoms with E-state index < -0.39 is 18.6 Å². The molecular weight excluding hydrogens is 269 g/mol. The Morgan fingerprint density at radius 1 is 1.50 bits per heavy atom. The summed E-state index contributed by atoms with van der Waals surface area (Å²) in [5.41, 5.74) is 0. The van der Waals surface area contributed by atoms with Gasteiger partial charge in [0.05, 0.1) is 6.61 Å². The Labute approximate surface area is 106 Å². The zero-order chi connectivity index (χ0) is 13.8. The standard InChI is InChI=1S/C11H13F3O3S/c1-2-7-6-8(9(18-7)10(15)16)17-5-3-4-11(12,13)14/h6H,2-5H2,1H3,(H,15,16). The van der Waals surface area contributed by atoms with Crippen molar-refractivity contribution >= 4 is 17.3 Å². The molecule has 3 nitrogen and oxygen atoms in total. The van der Waals surface area contributed by atoms with E-state index in [1.807, 2.05) is 6.92 Å². The van der Waals surface area contributed by atoms with E-state index in [9.17, 15) is 18.0 Å². The summed E-state index contributed by atoms with van der Waals surface area (Å²) in [5, 5.41) is 8.91. The van der Waals surface area contributed by atoms with Gasteiger partial charge in [-0.25, -0.2) is 4.79 Å². The predicted octanol–water partition coefficient (Wildman–Crippen LogP) is 3.73. The van der Waals surface area contributed by atoms with Crippen LogP contribution in [0.1, 0.15) is 34.3 Å². The Bertz CT molecular complexity index is 412. The van der Waals surface area contributed by atoms with Crippen molar-refractivity contribution in [2.24, 2.45) is 0 Å². The lowest BCUT2D eigenvalue weighted by Crippen LogP contribution is -2.10. The fourth-order valence-corrected chi connectivity index (χ4v) is 2.19. The van der Waals surface area contributed by atoms with Gasteiger partial charge in [0.25, 0.3) is 0 Å². The number of carboxylic acid groups (broad SMARTS) is 1. The van der Waals surface area contributed by atoms with E-state index in [1.54, 1.807) is 6.07 Å². The highest BCUT2D eigenvalue weighted by atomic mass is 32.1. The Kier molecular flexibility index (Phi) is 5.01. The molecule has 1 heterocycles. The molecule has 18 heavy (non-hydrogen) atoms. The van der Waals surface area contributed by atoms with Crippen molar-refractivity contribution in [3.8, 4) is 5.75 Å². The number of aromatic carboxylic acids is 1. The normalized spacial score (nSPS) is 11.6. The van der Waals surface area contributed by atoms with E-state index in [4.69, 9.17) is 9.84 Å². The molecule has 1 aromatic heterocycles. The van der Waals surface area contributed by atoms with E-state index in [2.05, 4.69) is 0 Å². The fraction of sp³-hybridized carbons (Fsp3) is 0.545. The van der Waals surface area contributed by atoms with Gasteiger partial charge in [-0.05, 0) is 18.9 Å². The van der Waals surface area contributed by atoms with Crippen LogP contribution in [0.25, 0.3) is 0 Å². The van der Waals surface area contributed by atoms with E-state index in [0.29, 0.717) is 6.42 Å². The molecule has 0 bridgehead atoms. The van der Waals surface area contributed by atoms with Gasteiger partial charge in [0, 0.05) is 11.3 Å². The summed E-state index contributed by atoms with van der Waals surface area (Å²) in [6, 6.07) is 1.57. The SMILES string of the molecule is CCc1cc(OCCCC(F)(F)F)c(C(=O)O)s1. The number of carbonyl (C=O) groups is 1. The highest BCUT2D eigenvalue weighted by Gasteiger charge is 2.26. The predicted molar refractivity (Wildman–Crippen MR) is 61.4 cm³/mol. The van der Waals surface area contributed by atoms with Crippen molar-refractivity contribution in [1.29, 1.82) is 0 Å². The quantitative estimate of drug-likeness (QED) is 0.809. The van der Waals surface area contributed by atoms with Crippen LogP contribution in [0.3, 0.4) is 0 Å². The summed E-state index contributed by atoms with van der Waals surface area (Å²) in [6.07, 6.45) is -4.65. The topological polar surface area (TPSA) is 46.5 Å². The zero-order valence-corrected chi connectivity index (χ0v) is 10.5. The van der Waals surface area contributed by atoms with Gasteiger partial charge in [-0.1, -0.05) is 6.92 Å². The second-order valence-electron chi connectivity index (χ2n) is 3.63. The van der Waals surface area contributed by atoms with Crippen LogP contribution in [-0.2, 0) is 6.42 Å². The maximum atomic E-state index is 11.9. The number of alkyl halides is 3. The molecule has 0 unspecified atom stereocenters. The van der Waals surface area contributed by atoms with E-state index in [0.717, 1.165) is 16.2 Å². The van der Waals surface area contributed by atoms with Crippen LogP contribution in [0.5, 0.6) is 5.75 Å². The van der Waals surface area contributed by atoms with E-state index >= 15 is 0 Å². The van der Waals surface area contributed by atoms with Crippen molar-refractivity contribution in [3.63, 3.8) is 0 Å². The molecule has 1 aromatic rings. The summed E-state index contributed by atoms with van der Waals surface area (Å²) in [4.78, 5) is 11.8. The van der Waals surface area contributed by atoms with Gasteiger partial charge in [-0.15, -0.1) is 11.3 Å². The number of halogens is 3. The zero-order valence-electron chi connectivity index (χ0n) is 9.71. The molecule has 0 fully saturated rings. The van der Waals surface area contributed by atoms with Gasteiger partial charge in [-0.3, -0.25) is 0 Å². The molecule has 1 rings (SSSR count). The highest BCUT2D eigenvalue weighted by molar-refractivity contribution is 7.14. The monoisotopic (exact) mass is 282 g/mol. The van der Waals surface area contributed by atoms with Crippen LogP contribution in [-0.4, -0.2) is 23.9 Å². The van der Waals surface area contributed by atoms with Crippen LogP contribution < -0.4 is 4.74 Å². The van der Waals surface area contributed by atoms with Crippen LogP contribution in [0, 0.1) is 0 Å². The Morgan fingerprint density at radius 3 is 2.67 bits per heavy atom. The maximum absolute atomic E-state index is 11.9. The molecule has 0 radical (unpaired) electrons. The van der Waals surface area contributed by atoms with E-state index in [1.165, 1.54) is 0 Å². The minimum absolute atomic E-state index is 0.0406. The smallest absolute Gasteiger partial charge is 0.389 e. The molecule has 1 N–H and O–H groups in total. The molecule has 0 spiro atoms. The second kappa shape index (κ2) is 6.08. The molecule has 102 valence electrons. The lowest BCUT2D eigenvalue weighted by Gasteiger charge is -2.07. The average molecular weight is 282 g/mol. The maximum Gasteiger partial charge on any atom is 0.389 e. The van der Waals surface area contributed by atoms with Gasteiger partial charge in [0.1, 0.15) is 5.75 Å². The van der Waals surface area contributed by atoms with Crippen LogP contribution in [0.15, 0.2) is 6.07 Å². The summed E-state index contributed by atoms with van der Waals surface area (Å²) >= 11 is 1.08. The summed E-state index contributed by atoms with van der Waals surface area (Å²) in [5.74, 6) is -0.961. The van der Waals surface area contributed by atoms with Gasteiger partial charge >= 0.3 is 12.1 Å². The van der Waals surface area contributed by atoms with Crippen molar-refractivity contribution in [2.45, 2.75) is 32.4 Å². The first kappa shape index (κ1) is 14.8. The first-order valence-electron chi connectivity index (χ1n) is 5.39. The lowest BCUT2D eigenvalue weighted by atomic mass is 10.3. The molecule has 7 heteroatoms. The fourth-order valence-electron chi connectivity index (χ4n) is 1.31. The van der Waals surface area contributed by atoms with Crippen LogP contribution >= 0.6 is 11.3 Å². The van der Waals surface area contributed by atoms with Crippen molar-refractivity contribution in [3.05, 3.63) is 15.8 Å². The summed E-state index contributed by atoms with van der Waals surface area (Å²) in [7, 11) is 0. The van der Waals surface area contributed by atoms with Crippen molar-refractivity contribution in [1.82, 2.24) is 0 Å². The molecule has 0 aliphatic carbocycles. The molecule has 0 saturated carbocycles. The molecular formula is C11H13F3O3S. The Balaban J connectivity index is 2.56. The van der Waals surface area contributed by atoms with Gasteiger partial charge in [0.2, 0.25) is 0 Å². The van der Waals surface area contributed by atoms with Gasteiger partial charge in [-0.2, -0.15) is 13.2 Å². The van der Waals surface area contributed by atoms with Crippen LogP contribution in [0.2, 0.25) is 0 Å². The lowest BCUT2D eigenvalue weighted by molar-refractivity contribution is -0.136. The summed E-state index contributed by atoms with van der Waals surface area (Å²) < 4.78 is 40.8. The molecule has 0 aliphatic heterocycles. The molecule has 0 atom stereocenters. The van der Waals surface area contributed by atoms with Gasteiger partial charge < -0.3 is 9.84 Å². The number of aryl methyl sites for hydroxylation is 1. The third-order valence-corrected chi connectivity index (χ3v) is 3.40. The molecule has 0 aromatic carbocycles.